The molecule has 9 heteroatoms. The number of benzene rings is 2. The number of carbonyl (C=O) groups is 1. The van der Waals surface area contributed by atoms with Gasteiger partial charge in [-0.2, -0.15) is 0 Å². The van der Waals surface area contributed by atoms with Gasteiger partial charge in [0.25, 0.3) is 0 Å². The molecule has 7 nitrogen and oxygen atoms in total. The summed E-state index contributed by atoms with van der Waals surface area (Å²) in [5.41, 5.74) is 2.09. The number of hydrogen-bond donors (Lipinski definition) is 2. The third kappa shape index (κ3) is 4.58. The summed E-state index contributed by atoms with van der Waals surface area (Å²) in [7, 11) is -3.35. The minimum atomic E-state index is -3.35. The molecule has 0 aliphatic heterocycles. The van der Waals surface area contributed by atoms with Gasteiger partial charge in [-0.3, -0.25) is 4.79 Å². The normalized spacial score (nSPS) is 11.4. The lowest BCUT2D eigenvalue weighted by Crippen LogP contribution is -2.17. The molecule has 3 aromatic rings. The van der Waals surface area contributed by atoms with E-state index in [2.05, 4.69) is 20.6 Å². The maximum atomic E-state index is 12.2. The lowest BCUT2D eigenvalue weighted by atomic mass is 10.2. The summed E-state index contributed by atoms with van der Waals surface area (Å²) in [4.78, 5) is 20.7. The van der Waals surface area contributed by atoms with Gasteiger partial charge in [0.15, 0.2) is 9.84 Å². The zero-order valence-corrected chi connectivity index (χ0v) is 16.9. The Balaban J connectivity index is 1.70. The van der Waals surface area contributed by atoms with Gasteiger partial charge < -0.3 is 10.6 Å². The van der Waals surface area contributed by atoms with Crippen LogP contribution in [0.5, 0.6) is 0 Å². The van der Waals surface area contributed by atoms with E-state index in [4.69, 9.17) is 11.6 Å². The van der Waals surface area contributed by atoms with Gasteiger partial charge in [-0.15, -0.1) is 0 Å². The van der Waals surface area contributed by atoms with Crippen molar-refractivity contribution in [3.8, 4) is 0 Å². The van der Waals surface area contributed by atoms with Gasteiger partial charge in [-0.25, -0.2) is 18.4 Å². The average Bonchev–Trinajstić information content (AvgIpc) is 2.64. The van der Waals surface area contributed by atoms with Gasteiger partial charge in [0.05, 0.1) is 10.4 Å². The van der Waals surface area contributed by atoms with Crippen LogP contribution >= 0.6 is 11.6 Å². The number of rotatable bonds is 6. The van der Waals surface area contributed by atoms with Crippen LogP contribution in [-0.4, -0.2) is 37.1 Å². The first-order valence-corrected chi connectivity index (χ1v) is 10.8. The maximum absolute atomic E-state index is 12.2. The number of hydrogen-bond acceptors (Lipinski definition) is 6. The van der Waals surface area contributed by atoms with Gasteiger partial charge in [0.1, 0.15) is 12.1 Å². The van der Waals surface area contributed by atoms with Crippen molar-refractivity contribution in [2.45, 2.75) is 18.2 Å². The first-order valence-electron chi connectivity index (χ1n) is 8.49. The van der Waals surface area contributed by atoms with E-state index < -0.39 is 9.84 Å². The van der Waals surface area contributed by atoms with E-state index in [9.17, 15) is 13.2 Å². The van der Waals surface area contributed by atoms with Crippen LogP contribution in [0.4, 0.5) is 11.5 Å². The highest BCUT2D eigenvalue weighted by Gasteiger charge is 2.12. The third-order valence-electron chi connectivity index (χ3n) is 4.22. The Morgan fingerprint density at radius 3 is 2.71 bits per heavy atom. The van der Waals surface area contributed by atoms with Crippen LogP contribution in [0.2, 0.25) is 5.02 Å². The molecule has 0 spiro atoms. The highest BCUT2D eigenvalue weighted by atomic mass is 35.5. The minimum Gasteiger partial charge on any atom is -0.369 e. The Morgan fingerprint density at radius 2 is 1.96 bits per heavy atom. The second-order valence-corrected chi connectivity index (χ2v) is 8.73. The number of halogens is 1. The van der Waals surface area contributed by atoms with E-state index in [1.54, 1.807) is 24.3 Å². The summed E-state index contributed by atoms with van der Waals surface area (Å²) >= 11 is 6.06. The van der Waals surface area contributed by atoms with Crippen molar-refractivity contribution >= 4 is 49.8 Å². The summed E-state index contributed by atoms with van der Waals surface area (Å²) in [6, 6.07) is 10.00. The van der Waals surface area contributed by atoms with Crippen molar-refractivity contribution in [3.05, 3.63) is 53.3 Å². The summed E-state index contributed by atoms with van der Waals surface area (Å²) in [6.45, 7) is 2.16. The monoisotopic (exact) mass is 418 g/mol. The predicted octanol–water partition coefficient (Wildman–Crippen LogP) is 3.44. The Labute approximate surface area is 168 Å². The first-order chi connectivity index (χ1) is 13.3. The molecule has 0 unspecified atom stereocenters. The topological polar surface area (TPSA) is 101 Å². The number of sulfone groups is 1. The second-order valence-electron chi connectivity index (χ2n) is 6.31. The van der Waals surface area contributed by atoms with E-state index >= 15 is 0 Å². The lowest BCUT2D eigenvalue weighted by molar-refractivity contribution is -0.115. The Bertz CT molecular complexity index is 1150. The maximum Gasteiger partial charge on any atom is 0.226 e. The van der Waals surface area contributed by atoms with Crippen LogP contribution in [-0.2, 0) is 14.6 Å². The fourth-order valence-electron chi connectivity index (χ4n) is 2.66. The highest BCUT2D eigenvalue weighted by molar-refractivity contribution is 7.90. The molecule has 1 heterocycles. The highest BCUT2D eigenvalue weighted by Crippen LogP contribution is 2.24. The Morgan fingerprint density at radius 1 is 1.18 bits per heavy atom. The van der Waals surface area contributed by atoms with E-state index in [1.165, 1.54) is 18.5 Å². The predicted molar refractivity (Wildman–Crippen MR) is 111 cm³/mol. The number of nitrogens with one attached hydrogen (secondary N) is 2. The minimum absolute atomic E-state index is 0.173. The van der Waals surface area contributed by atoms with Crippen LogP contribution in [0.1, 0.15) is 12.0 Å². The Kier molecular flexibility index (Phi) is 5.81. The van der Waals surface area contributed by atoms with E-state index in [0.29, 0.717) is 34.0 Å². The quantitative estimate of drug-likeness (QED) is 0.635. The molecule has 0 aliphatic rings. The molecule has 28 heavy (non-hydrogen) atoms. The van der Waals surface area contributed by atoms with E-state index in [0.717, 1.165) is 11.8 Å². The van der Waals surface area contributed by atoms with Crippen molar-refractivity contribution in [1.29, 1.82) is 0 Å². The SMILES string of the molecule is Cc1c(Cl)cccc1NC(=O)CCNc1ncnc2ccc(S(C)(=O)=O)cc12. The molecule has 0 saturated carbocycles. The summed E-state index contributed by atoms with van der Waals surface area (Å²) in [6.07, 6.45) is 2.73. The summed E-state index contributed by atoms with van der Waals surface area (Å²) in [5.74, 6) is 0.301. The number of anilines is 2. The molecule has 1 aromatic heterocycles. The van der Waals surface area contributed by atoms with Gasteiger partial charge in [0.2, 0.25) is 5.91 Å². The summed E-state index contributed by atoms with van der Waals surface area (Å²) < 4.78 is 23.6. The largest absolute Gasteiger partial charge is 0.369 e. The molecule has 0 saturated heterocycles. The lowest BCUT2D eigenvalue weighted by Gasteiger charge is -2.11. The van der Waals surface area contributed by atoms with Crippen molar-refractivity contribution in [3.63, 3.8) is 0 Å². The number of fused-ring (bicyclic) bond motifs is 1. The third-order valence-corrected chi connectivity index (χ3v) is 5.74. The van der Waals surface area contributed by atoms with Crippen LogP contribution in [0, 0.1) is 6.92 Å². The smallest absolute Gasteiger partial charge is 0.226 e. The fraction of sp³-hybridized carbons (Fsp3) is 0.211. The van der Waals surface area contributed by atoms with Crippen molar-refractivity contribution in [1.82, 2.24) is 9.97 Å². The molecule has 0 radical (unpaired) electrons. The fourth-order valence-corrected chi connectivity index (χ4v) is 3.48. The molecule has 0 aliphatic carbocycles. The van der Waals surface area contributed by atoms with E-state index in [1.807, 2.05) is 6.92 Å². The van der Waals surface area contributed by atoms with Crippen molar-refractivity contribution < 1.29 is 13.2 Å². The van der Waals surface area contributed by atoms with Crippen LogP contribution in [0.3, 0.4) is 0 Å². The van der Waals surface area contributed by atoms with Gasteiger partial charge in [0, 0.05) is 35.3 Å². The van der Waals surface area contributed by atoms with Crippen molar-refractivity contribution in [2.24, 2.45) is 0 Å². The van der Waals surface area contributed by atoms with Crippen LogP contribution in [0.25, 0.3) is 10.9 Å². The molecule has 2 N–H and O–H groups in total. The van der Waals surface area contributed by atoms with Crippen LogP contribution in [0.15, 0.2) is 47.6 Å². The number of carbonyl (C=O) groups excluding carboxylic acids is 1. The van der Waals surface area contributed by atoms with Gasteiger partial charge >= 0.3 is 0 Å². The molecule has 0 bridgehead atoms. The molecule has 146 valence electrons. The summed E-state index contributed by atoms with van der Waals surface area (Å²) in [5, 5.41) is 7.07. The molecular weight excluding hydrogens is 400 g/mol. The molecule has 0 fully saturated rings. The average molecular weight is 419 g/mol. The number of amides is 1. The second kappa shape index (κ2) is 8.12. The molecule has 3 rings (SSSR count). The number of aromatic nitrogens is 2. The first kappa shape index (κ1) is 20.0. The standard InChI is InChI=1S/C19H19ClN4O3S/c1-12-15(20)4-3-5-16(12)24-18(25)8-9-21-19-14-10-13(28(2,26)27)6-7-17(14)22-11-23-19/h3-7,10-11H,8-9H2,1-2H3,(H,24,25)(H,21,22,23). The van der Waals surface area contributed by atoms with E-state index in [-0.39, 0.29) is 17.2 Å². The Hall–Kier alpha value is -2.71. The zero-order chi connectivity index (χ0) is 20.3. The van der Waals surface area contributed by atoms with Crippen LogP contribution < -0.4 is 10.6 Å². The molecule has 2 aromatic carbocycles. The molecule has 0 atom stereocenters. The zero-order valence-electron chi connectivity index (χ0n) is 15.4. The van der Waals surface area contributed by atoms with Gasteiger partial charge in [-0.05, 0) is 42.8 Å². The number of nitrogens with zero attached hydrogens (tertiary/aromatic N) is 2. The molecular formula is C19H19ClN4O3S. The molecule has 1 amide bonds. The van der Waals surface area contributed by atoms with Gasteiger partial charge in [-0.1, -0.05) is 17.7 Å². The van der Waals surface area contributed by atoms with Crippen molar-refractivity contribution in [2.75, 3.05) is 23.4 Å².